The van der Waals surface area contributed by atoms with Crippen molar-refractivity contribution >= 4 is 47.4 Å². The monoisotopic (exact) mass is 549 g/mol. The molecule has 2 saturated heterocycles. The summed E-state index contributed by atoms with van der Waals surface area (Å²) in [7, 11) is 1.80. The molecule has 1 aromatic rings. The first-order valence-corrected chi connectivity index (χ1v) is 10.8. The summed E-state index contributed by atoms with van der Waals surface area (Å²) in [5, 5.41) is 4.01. The molecule has 9 heteroatoms. The van der Waals surface area contributed by atoms with Gasteiger partial charge in [0.05, 0.1) is 18.1 Å². The molecule has 0 aliphatic carbocycles. The molecular weight excluding hydrogens is 517 g/mol. The molecular formula is C21H33ClIN5O2. The van der Waals surface area contributed by atoms with Crippen molar-refractivity contribution in [3.63, 3.8) is 0 Å². The van der Waals surface area contributed by atoms with Crippen LogP contribution < -0.4 is 10.1 Å². The lowest BCUT2D eigenvalue weighted by atomic mass is 10.3. The second-order valence-electron chi connectivity index (χ2n) is 7.64. The van der Waals surface area contributed by atoms with Gasteiger partial charge >= 0.3 is 0 Å². The van der Waals surface area contributed by atoms with Crippen LogP contribution in [-0.4, -0.2) is 92.1 Å². The number of guanidine groups is 1. The van der Waals surface area contributed by atoms with Gasteiger partial charge < -0.3 is 19.9 Å². The normalized spacial score (nSPS) is 18.7. The first-order valence-electron chi connectivity index (χ1n) is 10.4. The average Bonchev–Trinajstić information content (AvgIpc) is 3.26. The van der Waals surface area contributed by atoms with Crippen molar-refractivity contribution < 1.29 is 9.53 Å². The molecule has 1 aromatic carbocycles. The minimum atomic E-state index is -0.0500. The number of benzene rings is 1. The number of carbonyl (C=O) groups excluding carboxylic acids is 1. The molecule has 1 N–H and O–H groups in total. The minimum Gasteiger partial charge on any atom is -0.487 e. The summed E-state index contributed by atoms with van der Waals surface area (Å²) in [6, 6.07) is 7.49. The molecule has 0 saturated carbocycles. The number of ether oxygens (including phenoxy) is 1. The topological polar surface area (TPSA) is 60.4 Å². The van der Waals surface area contributed by atoms with Crippen LogP contribution in [0, 0.1) is 0 Å². The quantitative estimate of drug-likeness (QED) is 0.336. The fourth-order valence-corrected chi connectivity index (χ4v) is 3.92. The van der Waals surface area contributed by atoms with E-state index in [1.807, 2.05) is 36.1 Å². The molecule has 30 heavy (non-hydrogen) atoms. The van der Waals surface area contributed by atoms with Crippen molar-refractivity contribution in [3.05, 3.63) is 29.3 Å². The van der Waals surface area contributed by atoms with E-state index >= 15 is 0 Å². The Morgan fingerprint density at radius 2 is 1.80 bits per heavy atom. The predicted molar refractivity (Wildman–Crippen MR) is 132 cm³/mol. The van der Waals surface area contributed by atoms with E-state index in [0.29, 0.717) is 23.9 Å². The Kier molecular flexibility index (Phi) is 10.5. The number of hydrogen-bond acceptors (Lipinski definition) is 4. The number of hydrogen-bond donors (Lipinski definition) is 1. The lowest BCUT2D eigenvalue weighted by molar-refractivity contribution is -0.131. The molecule has 2 aliphatic rings. The van der Waals surface area contributed by atoms with Crippen LogP contribution in [0.15, 0.2) is 29.3 Å². The number of amides is 1. The third kappa shape index (κ3) is 7.16. The summed E-state index contributed by atoms with van der Waals surface area (Å²) in [6.45, 7) is 8.45. The van der Waals surface area contributed by atoms with Crippen molar-refractivity contribution in [2.24, 2.45) is 4.99 Å². The van der Waals surface area contributed by atoms with Gasteiger partial charge in [-0.25, -0.2) is 0 Å². The second-order valence-corrected chi connectivity index (χ2v) is 8.05. The van der Waals surface area contributed by atoms with Gasteiger partial charge in [-0.15, -0.1) is 24.0 Å². The molecule has 0 bridgehead atoms. The zero-order valence-electron chi connectivity index (χ0n) is 17.8. The highest BCUT2D eigenvalue weighted by atomic mass is 127. The fraction of sp³-hybridized carbons (Fsp3) is 0.619. The molecule has 1 atom stereocenters. The Morgan fingerprint density at radius 1 is 1.13 bits per heavy atom. The van der Waals surface area contributed by atoms with E-state index in [1.54, 1.807) is 7.05 Å². The van der Waals surface area contributed by atoms with Crippen molar-refractivity contribution in [1.29, 1.82) is 0 Å². The van der Waals surface area contributed by atoms with E-state index in [9.17, 15) is 4.79 Å². The largest absolute Gasteiger partial charge is 0.487 e. The summed E-state index contributed by atoms with van der Waals surface area (Å²) < 4.78 is 5.92. The number of aliphatic imine (C=N–C) groups is 1. The van der Waals surface area contributed by atoms with Crippen LogP contribution in [0.1, 0.15) is 19.8 Å². The summed E-state index contributed by atoms with van der Waals surface area (Å²) in [4.78, 5) is 23.2. The number of nitrogens with one attached hydrogen (secondary N) is 1. The molecule has 168 valence electrons. The highest BCUT2D eigenvalue weighted by Gasteiger charge is 2.24. The van der Waals surface area contributed by atoms with Crippen LogP contribution in [0.3, 0.4) is 0 Å². The van der Waals surface area contributed by atoms with Crippen LogP contribution in [0.2, 0.25) is 5.02 Å². The number of nitrogens with zero attached hydrogens (tertiary/aromatic N) is 4. The third-order valence-electron chi connectivity index (χ3n) is 5.41. The van der Waals surface area contributed by atoms with Gasteiger partial charge in [-0.05, 0) is 31.9 Å². The molecule has 1 amide bonds. The number of para-hydroxylation sites is 1. The van der Waals surface area contributed by atoms with E-state index < -0.39 is 0 Å². The highest BCUT2D eigenvalue weighted by molar-refractivity contribution is 14.0. The van der Waals surface area contributed by atoms with Crippen LogP contribution in [0.5, 0.6) is 5.75 Å². The Hall–Kier alpha value is -1.26. The number of likely N-dealkylation sites (tertiary alicyclic amines) is 1. The Labute approximate surface area is 201 Å². The standard InChI is InChI=1S/C21H32ClN5O2.HI/c1-17(29-19-8-4-3-7-18(19)22)15-24-21(23-2)27-13-11-25(12-14-27)16-20(28)26-9-5-6-10-26;/h3-4,7-8,17H,5-6,9-16H2,1-2H3,(H,23,24);1H. The summed E-state index contributed by atoms with van der Waals surface area (Å²) in [5.41, 5.74) is 0. The summed E-state index contributed by atoms with van der Waals surface area (Å²) in [5.74, 6) is 1.82. The van der Waals surface area contributed by atoms with Crippen molar-refractivity contribution in [3.8, 4) is 5.75 Å². The number of rotatable bonds is 6. The first-order chi connectivity index (χ1) is 14.1. The number of halogens is 2. The van der Waals surface area contributed by atoms with Crippen LogP contribution in [0.25, 0.3) is 0 Å². The van der Waals surface area contributed by atoms with Gasteiger partial charge in [0.15, 0.2) is 5.96 Å². The zero-order valence-corrected chi connectivity index (χ0v) is 20.9. The Bertz CT molecular complexity index is 706. The summed E-state index contributed by atoms with van der Waals surface area (Å²) >= 11 is 6.16. The van der Waals surface area contributed by atoms with Crippen molar-refractivity contribution in [1.82, 2.24) is 20.0 Å². The summed E-state index contributed by atoms with van der Waals surface area (Å²) in [6.07, 6.45) is 2.23. The molecule has 2 heterocycles. The zero-order chi connectivity index (χ0) is 20.6. The fourth-order valence-electron chi connectivity index (χ4n) is 3.74. The molecule has 0 spiro atoms. The Balaban J connectivity index is 0.00000320. The van der Waals surface area contributed by atoms with E-state index in [-0.39, 0.29) is 36.0 Å². The smallest absolute Gasteiger partial charge is 0.236 e. The van der Waals surface area contributed by atoms with Gasteiger partial charge in [-0.1, -0.05) is 23.7 Å². The molecule has 2 aliphatic heterocycles. The average molecular weight is 550 g/mol. The maximum atomic E-state index is 12.3. The van der Waals surface area contributed by atoms with Gasteiger partial charge in [0.1, 0.15) is 11.9 Å². The van der Waals surface area contributed by atoms with Gasteiger partial charge in [0.25, 0.3) is 0 Å². The van der Waals surface area contributed by atoms with E-state index in [0.717, 1.165) is 58.1 Å². The third-order valence-corrected chi connectivity index (χ3v) is 5.73. The van der Waals surface area contributed by atoms with Gasteiger partial charge in [0, 0.05) is 46.3 Å². The van der Waals surface area contributed by atoms with Crippen molar-refractivity contribution in [2.75, 3.05) is 59.4 Å². The van der Waals surface area contributed by atoms with E-state index in [2.05, 4.69) is 20.1 Å². The maximum Gasteiger partial charge on any atom is 0.236 e. The molecule has 2 fully saturated rings. The Morgan fingerprint density at radius 3 is 2.43 bits per heavy atom. The van der Waals surface area contributed by atoms with Gasteiger partial charge in [-0.2, -0.15) is 0 Å². The predicted octanol–water partition coefficient (Wildman–Crippen LogP) is 2.54. The number of carbonyl (C=O) groups is 1. The highest BCUT2D eigenvalue weighted by Crippen LogP contribution is 2.24. The van der Waals surface area contributed by atoms with E-state index in [4.69, 9.17) is 16.3 Å². The van der Waals surface area contributed by atoms with Gasteiger partial charge in [-0.3, -0.25) is 14.7 Å². The SMILES string of the molecule is CN=C(NCC(C)Oc1ccccc1Cl)N1CCN(CC(=O)N2CCCC2)CC1.I. The minimum absolute atomic E-state index is 0. The van der Waals surface area contributed by atoms with Crippen LogP contribution >= 0.6 is 35.6 Å². The lowest BCUT2D eigenvalue weighted by Crippen LogP contribution is -2.54. The molecule has 0 radical (unpaired) electrons. The molecule has 0 aromatic heterocycles. The molecule has 3 rings (SSSR count). The van der Waals surface area contributed by atoms with Crippen LogP contribution in [-0.2, 0) is 4.79 Å². The van der Waals surface area contributed by atoms with E-state index in [1.165, 1.54) is 0 Å². The number of piperazine rings is 1. The van der Waals surface area contributed by atoms with Gasteiger partial charge in [0.2, 0.25) is 5.91 Å². The molecule has 7 nitrogen and oxygen atoms in total. The first kappa shape index (κ1) is 25.0. The molecule has 1 unspecified atom stereocenters. The lowest BCUT2D eigenvalue weighted by Gasteiger charge is -2.36. The van der Waals surface area contributed by atoms with Crippen molar-refractivity contribution in [2.45, 2.75) is 25.9 Å². The second kappa shape index (κ2) is 12.6. The van der Waals surface area contributed by atoms with Crippen LogP contribution in [0.4, 0.5) is 0 Å². The maximum absolute atomic E-state index is 12.3.